The number of rotatable bonds is 7. The molecule has 9 nitrogen and oxygen atoms in total. The zero-order chi connectivity index (χ0) is 23.7. The summed E-state index contributed by atoms with van der Waals surface area (Å²) in [5.74, 6) is -0.810. The third-order valence-electron chi connectivity index (χ3n) is 5.32. The summed E-state index contributed by atoms with van der Waals surface area (Å²) in [6, 6.07) is 3.06. The zero-order valence-corrected chi connectivity index (χ0v) is 18.4. The molecular weight excluding hydrogens is 432 g/mol. The van der Waals surface area contributed by atoms with Crippen molar-refractivity contribution in [3.63, 3.8) is 0 Å². The second-order valence-electron chi connectivity index (χ2n) is 7.65. The summed E-state index contributed by atoms with van der Waals surface area (Å²) < 4.78 is 33.3. The molecule has 2 N–H and O–H groups in total. The summed E-state index contributed by atoms with van der Waals surface area (Å²) in [4.78, 5) is 23.1. The number of nitrogens with one attached hydrogen (secondary N) is 2. The first kappa shape index (κ1) is 22.2. The van der Waals surface area contributed by atoms with Crippen LogP contribution in [0.2, 0.25) is 0 Å². The van der Waals surface area contributed by atoms with Crippen molar-refractivity contribution in [3.8, 4) is 0 Å². The van der Waals surface area contributed by atoms with E-state index in [9.17, 15) is 13.6 Å². The predicted octanol–water partition coefficient (Wildman–Crippen LogP) is 2.84. The second kappa shape index (κ2) is 8.85. The molecule has 0 fully saturated rings. The lowest BCUT2D eigenvalue weighted by Gasteiger charge is -2.34. The number of aromatic nitrogens is 4. The molecule has 0 unspecified atom stereocenters. The molecule has 0 aliphatic carbocycles. The van der Waals surface area contributed by atoms with Crippen LogP contribution in [-0.4, -0.2) is 45.9 Å². The molecule has 11 heteroatoms. The SMILES string of the molecule is C=C(OC)[C@H]1C(=O)Nc2c(C)nc(NCc3cnn(Cc4ccc(F)c(F)c4)c3)nc2N1C. The highest BCUT2D eigenvalue weighted by Gasteiger charge is 2.36. The molecular formula is C22H23F2N7O2. The first-order valence-electron chi connectivity index (χ1n) is 10.1. The molecule has 1 aliphatic heterocycles. The van der Waals surface area contributed by atoms with Gasteiger partial charge in [-0.25, -0.2) is 13.8 Å². The van der Waals surface area contributed by atoms with Gasteiger partial charge < -0.3 is 20.3 Å². The van der Waals surface area contributed by atoms with E-state index in [4.69, 9.17) is 4.74 Å². The first-order valence-corrected chi connectivity index (χ1v) is 10.1. The van der Waals surface area contributed by atoms with Crippen molar-refractivity contribution in [2.24, 2.45) is 0 Å². The van der Waals surface area contributed by atoms with Crippen molar-refractivity contribution in [2.75, 3.05) is 29.7 Å². The van der Waals surface area contributed by atoms with E-state index in [1.54, 1.807) is 35.9 Å². The van der Waals surface area contributed by atoms with Crippen LogP contribution in [-0.2, 0) is 22.6 Å². The highest BCUT2D eigenvalue weighted by atomic mass is 19.2. The van der Waals surface area contributed by atoms with E-state index >= 15 is 0 Å². The number of hydrogen-bond donors (Lipinski definition) is 2. The van der Waals surface area contributed by atoms with Crippen LogP contribution in [0.5, 0.6) is 0 Å². The summed E-state index contributed by atoms with van der Waals surface area (Å²) >= 11 is 0. The number of likely N-dealkylation sites (N-methyl/N-ethyl adjacent to an activating group) is 1. The number of methoxy groups -OCH3 is 1. The largest absolute Gasteiger partial charge is 0.499 e. The normalized spacial score (nSPS) is 15.1. The molecule has 172 valence electrons. The number of halogens is 2. The summed E-state index contributed by atoms with van der Waals surface area (Å²) in [5, 5.41) is 10.2. The van der Waals surface area contributed by atoms with Gasteiger partial charge in [-0.15, -0.1) is 0 Å². The lowest BCUT2D eigenvalue weighted by atomic mass is 10.1. The molecule has 1 aliphatic rings. The number of hydrogen-bond acceptors (Lipinski definition) is 7. The topological polar surface area (TPSA) is 97.2 Å². The van der Waals surface area contributed by atoms with Gasteiger partial charge in [0.15, 0.2) is 23.5 Å². The minimum absolute atomic E-state index is 0.266. The number of benzene rings is 1. The van der Waals surface area contributed by atoms with Crippen LogP contribution >= 0.6 is 0 Å². The van der Waals surface area contributed by atoms with Gasteiger partial charge in [0.2, 0.25) is 5.95 Å². The van der Waals surface area contributed by atoms with E-state index in [0.717, 1.165) is 17.7 Å². The quantitative estimate of drug-likeness (QED) is 0.529. The summed E-state index contributed by atoms with van der Waals surface area (Å²) in [7, 11) is 3.20. The van der Waals surface area contributed by atoms with E-state index in [0.29, 0.717) is 47.6 Å². The fraction of sp³-hybridized carbons (Fsp3) is 0.273. The Morgan fingerprint density at radius 3 is 2.79 bits per heavy atom. The second-order valence-corrected chi connectivity index (χ2v) is 7.65. The molecule has 3 heterocycles. The first-order chi connectivity index (χ1) is 15.8. The average Bonchev–Trinajstić information content (AvgIpc) is 3.23. The molecule has 4 rings (SSSR count). The van der Waals surface area contributed by atoms with Crippen LogP contribution in [0, 0.1) is 18.6 Å². The number of carbonyl (C=O) groups excluding carboxylic acids is 1. The standard InChI is InChI=1S/C22H23F2N7O2/c1-12-18-20(30(3)19(13(2)33-4)21(32)28-18)29-22(27-12)25-8-15-9-26-31(11-15)10-14-5-6-16(23)17(24)7-14/h5-7,9,11,19H,2,8,10H2,1,3-4H3,(H,28,32)(H,25,27,29)/t19-/m0/s1. The van der Waals surface area contributed by atoms with Gasteiger partial charge in [0, 0.05) is 25.4 Å². The lowest BCUT2D eigenvalue weighted by Crippen LogP contribution is -2.48. The van der Waals surface area contributed by atoms with Crippen LogP contribution in [0.4, 0.5) is 26.2 Å². The fourth-order valence-electron chi connectivity index (χ4n) is 3.59. The molecule has 0 bridgehead atoms. The highest BCUT2D eigenvalue weighted by Crippen LogP contribution is 2.34. The van der Waals surface area contributed by atoms with E-state index in [1.165, 1.54) is 13.2 Å². The van der Waals surface area contributed by atoms with E-state index in [-0.39, 0.29) is 5.91 Å². The summed E-state index contributed by atoms with van der Waals surface area (Å²) in [6.45, 7) is 6.28. The van der Waals surface area contributed by atoms with Crippen molar-refractivity contribution in [1.29, 1.82) is 0 Å². The third kappa shape index (κ3) is 4.47. The van der Waals surface area contributed by atoms with Gasteiger partial charge >= 0.3 is 0 Å². The Bertz CT molecular complexity index is 1230. The van der Waals surface area contributed by atoms with Gasteiger partial charge in [-0.3, -0.25) is 9.48 Å². The van der Waals surface area contributed by atoms with Crippen LogP contribution < -0.4 is 15.5 Å². The van der Waals surface area contributed by atoms with Crippen LogP contribution in [0.1, 0.15) is 16.8 Å². The average molecular weight is 455 g/mol. The van der Waals surface area contributed by atoms with Crippen LogP contribution in [0.15, 0.2) is 42.9 Å². The molecule has 1 atom stereocenters. The summed E-state index contributed by atoms with van der Waals surface area (Å²) in [6.07, 6.45) is 3.47. The Labute approximate surface area is 189 Å². The number of carbonyl (C=O) groups is 1. The molecule has 1 aromatic carbocycles. The maximum Gasteiger partial charge on any atom is 0.255 e. The van der Waals surface area contributed by atoms with E-state index in [2.05, 4.69) is 32.3 Å². The Morgan fingerprint density at radius 2 is 2.06 bits per heavy atom. The molecule has 2 aromatic heterocycles. The number of anilines is 3. The van der Waals surface area contributed by atoms with Gasteiger partial charge in [0.25, 0.3) is 5.91 Å². The molecule has 0 saturated carbocycles. The number of fused-ring (bicyclic) bond motifs is 1. The maximum absolute atomic E-state index is 13.4. The third-order valence-corrected chi connectivity index (χ3v) is 5.32. The molecule has 1 amide bonds. The summed E-state index contributed by atoms with van der Waals surface area (Å²) in [5.41, 5.74) is 2.59. The molecule has 0 spiro atoms. The van der Waals surface area contributed by atoms with Crippen LogP contribution in [0.25, 0.3) is 0 Å². The number of ether oxygens (including phenoxy) is 1. The highest BCUT2D eigenvalue weighted by molar-refractivity contribution is 6.04. The Morgan fingerprint density at radius 1 is 1.27 bits per heavy atom. The molecule has 3 aromatic rings. The lowest BCUT2D eigenvalue weighted by molar-refractivity contribution is -0.117. The van der Waals surface area contributed by atoms with Crippen molar-refractivity contribution < 1.29 is 18.3 Å². The molecule has 33 heavy (non-hydrogen) atoms. The van der Waals surface area contributed by atoms with Crippen LogP contribution in [0.3, 0.4) is 0 Å². The number of amides is 1. The monoisotopic (exact) mass is 455 g/mol. The van der Waals surface area contributed by atoms with Gasteiger partial charge in [0.05, 0.1) is 25.5 Å². The minimum atomic E-state index is -0.890. The van der Waals surface area contributed by atoms with Crippen molar-refractivity contribution in [1.82, 2.24) is 19.7 Å². The Balaban J connectivity index is 1.47. The van der Waals surface area contributed by atoms with Crippen molar-refractivity contribution >= 4 is 23.4 Å². The van der Waals surface area contributed by atoms with E-state index < -0.39 is 17.7 Å². The maximum atomic E-state index is 13.4. The predicted molar refractivity (Wildman–Crippen MR) is 119 cm³/mol. The van der Waals surface area contributed by atoms with Crippen molar-refractivity contribution in [3.05, 3.63) is 71.4 Å². The zero-order valence-electron chi connectivity index (χ0n) is 18.4. The fourth-order valence-corrected chi connectivity index (χ4v) is 3.59. The van der Waals surface area contributed by atoms with Gasteiger partial charge in [-0.05, 0) is 24.6 Å². The number of nitrogens with zero attached hydrogens (tertiary/aromatic N) is 5. The van der Waals surface area contributed by atoms with Gasteiger partial charge in [-0.1, -0.05) is 12.6 Å². The van der Waals surface area contributed by atoms with Gasteiger partial charge in [0.1, 0.15) is 11.4 Å². The van der Waals surface area contributed by atoms with E-state index in [1.807, 2.05) is 0 Å². The Hall–Kier alpha value is -4.02. The Kier molecular flexibility index (Phi) is 5.95. The minimum Gasteiger partial charge on any atom is -0.499 e. The molecule has 0 radical (unpaired) electrons. The van der Waals surface area contributed by atoms with Gasteiger partial charge in [-0.2, -0.15) is 10.1 Å². The smallest absolute Gasteiger partial charge is 0.255 e. The van der Waals surface area contributed by atoms with Crippen molar-refractivity contribution in [2.45, 2.75) is 26.1 Å². The number of aryl methyl sites for hydroxylation is 1. The molecule has 0 saturated heterocycles.